The fourth-order valence-electron chi connectivity index (χ4n) is 7.31. The highest BCUT2D eigenvalue weighted by Gasteiger charge is 2.68. The molecule has 0 aromatic rings. The van der Waals surface area contributed by atoms with Crippen molar-refractivity contribution in [3.05, 3.63) is 0 Å². The van der Waals surface area contributed by atoms with E-state index in [0.29, 0.717) is 0 Å². The molecule has 4 fully saturated rings. The molecule has 0 aliphatic heterocycles. The molecule has 4 rings (SSSR count). The standard InChI is InChI=1S/C22H38/c1-4-10-22-14-17(22)9-7-8-11-20(6-3,16-22)18(5-2)19-15-21(19)12-13-21/h17-19H,4-16H2,1-3H3. The van der Waals surface area contributed by atoms with E-state index in [4.69, 9.17) is 0 Å². The van der Waals surface area contributed by atoms with Gasteiger partial charge in [0.05, 0.1) is 0 Å². The molecule has 5 atom stereocenters. The fourth-order valence-corrected chi connectivity index (χ4v) is 7.31. The van der Waals surface area contributed by atoms with Crippen molar-refractivity contribution in [3.63, 3.8) is 0 Å². The van der Waals surface area contributed by atoms with Crippen molar-refractivity contribution in [2.24, 2.45) is 34.0 Å². The maximum absolute atomic E-state index is 2.54. The van der Waals surface area contributed by atoms with Gasteiger partial charge in [-0.3, -0.25) is 0 Å². The minimum atomic E-state index is 0.718. The van der Waals surface area contributed by atoms with Gasteiger partial charge in [0.2, 0.25) is 0 Å². The van der Waals surface area contributed by atoms with Gasteiger partial charge in [-0.05, 0) is 85.4 Å². The van der Waals surface area contributed by atoms with Crippen LogP contribution in [0.5, 0.6) is 0 Å². The molecule has 0 saturated heterocycles. The van der Waals surface area contributed by atoms with Crippen LogP contribution in [0, 0.1) is 34.0 Å². The Morgan fingerprint density at radius 2 is 1.82 bits per heavy atom. The van der Waals surface area contributed by atoms with Gasteiger partial charge in [0, 0.05) is 0 Å². The Kier molecular flexibility index (Phi) is 3.70. The molecule has 0 heteroatoms. The molecule has 0 aromatic carbocycles. The molecule has 126 valence electrons. The molecule has 4 aliphatic rings. The van der Waals surface area contributed by atoms with Crippen LogP contribution in [-0.4, -0.2) is 0 Å². The van der Waals surface area contributed by atoms with Crippen LogP contribution in [-0.2, 0) is 0 Å². The SMILES string of the molecule is CCCC12CC1CCCCC(CC)(C(CC)C1CC13CC3)C2. The average molecular weight is 303 g/mol. The highest BCUT2D eigenvalue weighted by molar-refractivity contribution is 5.17. The summed E-state index contributed by atoms with van der Waals surface area (Å²) in [6.07, 6.45) is 20.0. The topological polar surface area (TPSA) is 0 Å². The van der Waals surface area contributed by atoms with Crippen LogP contribution in [0.4, 0.5) is 0 Å². The largest absolute Gasteiger partial charge is 0.0654 e. The predicted octanol–water partition coefficient (Wildman–Crippen LogP) is 6.98. The Morgan fingerprint density at radius 1 is 1.00 bits per heavy atom. The molecule has 0 N–H and O–H groups in total. The Bertz CT molecular complexity index is 420. The van der Waals surface area contributed by atoms with E-state index in [2.05, 4.69) is 20.8 Å². The van der Waals surface area contributed by atoms with Crippen molar-refractivity contribution in [2.75, 3.05) is 0 Å². The molecule has 0 amide bonds. The maximum Gasteiger partial charge on any atom is -0.0261 e. The number of rotatable bonds is 6. The first-order chi connectivity index (χ1) is 10.6. The first-order valence-electron chi connectivity index (χ1n) is 10.6. The van der Waals surface area contributed by atoms with Crippen LogP contribution in [0.3, 0.4) is 0 Å². The predicted molar refractivity (Wildman–Crippen MR) is 94.8 cm³/mol. The van der Waals surface area contributed by atoms with Gasteiger partial charge in [0.15, 0.2) is 0 Å². The summed E-state index contributed by atoms with van der Waals surface area (Å²) in [6.45, 7) is 7.49. The van der Waals surface area contributed by atoms with Gasteiger partial charge in [0.1, 0.15) is 0 Å². The molecular weight excluding hydrogens is 264 g/mol. The molecule has 1 spiro atoms. The maximum atomic E-state index is 2.54. The van der Waals surface area contributed by atoms with E-state index < -0.39 is 0 Å². The second kappa shape index (κ2) is 5.25. The zero-order valence-electron chi connectivity index (χ0n) is 15.4. The second-order valence-corrected chi connectivity index (χ2v) is 9.84. The third-order valence-electron chi connectivity index (χ3n) is 8.85. The van der Waals surface area contributed by atoms with Gasteiger partial charge in [-0.15, -0.1) is 0 Å². The Morgan fingerprint density at radius 3 is 2.41 bits per heavy atom. The lowest BCUT2D eigenvalue weighted by Crippen LogP contribution is -2.36. The molecule has 4 aliphatic carbocycles. The van der Waals surface area contributed by atoms with Crippen molar-refractivity contribution in [2.45, 2.75) is 104 Å². The van der Waals surface area contributed by atoms with Crippen LogP contribution in [0.2, 0.25) is 0 Å². The lowest BCUT2D eigenvalue weighted by molar-refractivity contribution is 0.0470. The van der Waals surface area contributed by atoms with Crippen molar-refractivity contribution in [1.29, 1.82) is 0 Å². The molecule has 0 nitrogen and oxygen atoms in total. The number of hydrogen-bond donors (Lipinski definition) is 0. The summed E-state index contributed by atoms with van der Waals surface area (Å²) < 4.78 is 0. The van der Waals surface area contributed by atoms with E-state index in [1.807, 2.05) is 0 Å². The van der Waals surface area contributed by atoms with E-state index in [1.54, 1.807) is 44.9 Å². The summed E-state index contributed by atoms with van der Waals surface area (Å²) in [4.78, 5) is 0. The van der Waals surface area contributed by atoms with E-state index in [0.717, 1.165) is 34.0 Å². The van der Waals surface area contributed by atoms with Gasteiger partial charge in [-0.25, -0.2) is 0 Å². The minimum absolute atomic E-state index is 0.718. The average Bonchev–Trinajstić information content (AvgIpc) is 3.42. The molecule has 22 heavy (non-hydrogen) atoms. The Labute approximate surface area is 138 Å². The van der Waals surface area contributed by atoms with Gasteiger partial charge in [0.25, 0.3) is 0 Å². The number of hydrogen-bond acceptors (Lipinski definition) is 0. The third-order valence-corrected chi connectivity index (χ3v) is 8.85. The summed E-state index contributed by atoms with van der Waals surface area (Å²) in [5.74, 6) is 3.31. The lowest BCUT2D eigenvalue weighted by atomic mass is 9.60. The molecule has 0 aromatic heterocycles. The number of fused-ring (bicyclic) bond motifs is 1. The van der Waals surface area contributed by atoms with E-state index in [-0.39, 0.29) is 0 Å². The molecule has 5 unspecified atom stereocenters. The summed E-state index contributed by atoms with van der Waals surface area (Å²) in [7, 11) is 0. The van der Waals surface area contributed by atoms with E-state index >= 15 is 0 Å². The molecule has 0 radical (unpaired) electrons. The zero-order valence-corrected chi connectivity index (χ0v) is 15.4. The van der Waals surface area contributed by atoms with Crippen molar-refractivity contribution in [1.82, 2.24) is 0 Å². The third kappa shape index (κ3) is 2.30. The molecule has 4 saturated carbocycles. The van der Waals surface area contributed by atoms with Crippen LogP contribution in [0.1, 0.15) is 104 Å². The fraction of sp³-hybridized carbons (Fsp3) is 1.00. The van der Waals surface area contributed by atoms with E-state index in [9.17, 15) is 0 Å². The van der Waals surface area contributed by atoms with Crippen LogP contribution >= 0.6 is 0 Å². The Balaban J connectivity index is 1.59. The zero-order chi connectivity index (χ0) is 15.4. The van der Waals surface area contributed by atoms with Crippen LogP contribution in [0.15, 0.2) is 0 Å². The van der Waals surface area contributed by atoms with Crippen LogP contribution < -0.4 is 0 Å². The summed E-state index contributed by atoms with van der Waals surface area (Å²) in [6, 6.07) is 0. The van der Waals surface area contributed by atoms with Crippen molar-refractivity contribution in [3.8, 4) is 0 Å². The summed E-state index contributed by atoms with van der Waals surface area (Å²) in [5.41, 5.74) is 2.41. The van der Waals surface area contributed by atoms with Crippen molar-refractivity contribution >= 4 is 0 Å². The lowest BCUT2D eigenvalue weighted by Gasteiger charge is -2.45. The normalized spacial score (nSPS) is 46.5. The highest BCUT2D eigenvalue weighted by Crippen LogP contribution is 2.77. The van der Waals surface area contributed by atoms with Gasteiger partial charge >= 0.3 is 0 Å². The first-order valence-corrected chi connectivity index (χ1v) is 10.6. The Hall–Kier alpha value is 0. The molecule has 0 bridgehead atoms. The van der Waals surface area contributed by atoms with Crippen molar-refractivity contribution < 1.29 is 0 Å². The first kappa shape index (κ1) is 15.5. The second-order valence-electron chi connectivity index (χ2n) is 9.84. The summed E-state index contributed by atoms with van der Waals surface area (Å²) >= 11 is 0. The van der Waals surface area contributed by atoms with Gasteiger partial charge in [-0.1, -0.05) is 52.9 Å². The molecular formula is C22H38. The smallest absolute Gasteiger partial charge is 0.0261 e. The van der Waals surface area contributed by atoms with Gasteiger partial charge < -0.3 is 0 Å². The van der Waals surface area contributed by atoms with Gasteiger partial charge in [-0.2, -0.15) is 0 Å². The highest BCUT2D eigenvalue weighted by atomic mass is 14.7. The van der Waals surface area contributed by atoms with Crippen LogP contribution in [0.25, 0.3) is 0 Å². The molecule has 0 heterocycles. The monoisotopic (exact) mass is 302 g/mol. The minimum Gasteiger partial charge on any atom is -0.0654 e. The van der Waals surface area contributed by atoms with E-state index in [1.165, 1.54) is 38.5 Å². The quantitative estimate of drug-likeness (QED) is 0.496. The summed E-state index contributed by atoms with van der Waals surface area (Å²) in [5, 5.41) is 0.